The number of hydrogen-bond donors (Lipinski definition) is 1. The molecule has 1 N–H and O–H groups in total. The summed E-state index contributed by atoms with van der Waals surface area (Å²) in [7, 11) is 2.62. The molecule has 0 heterocycles. The molecule has 0 spiro atoms. The molecule has 8 nitrogen and oxygen atoms in total. The summed E-state index contributed by atoms with van der Waals surface area (Å²) in [5.74, 6) is -0.0877. The fourth-order valence-electron chi connectivity index (χ4n) is 1.51. The molecule has 0 aliphatic heterocycles. The highest BCUT2D eigenvalue weighted by Gasteiger charge is 2.19. The quantitative estimate of drug-likeness (QED) is 0.453. The normalized spacial score (nSPS) is 9.95. The summed E-state index contributed by atoms with van der Waals surface area (Å²) in [5, 5.41) is 20.0. The molecule has 0 saturated heterocycles. The van der Waals surface area contributed by atoms with Crippen molar-refractivity contribution >= 4 is 11.7 Å². The van der Waals surface area contributed by atoms with Crippen molar-refractivity contribution in [3.63, 3.8) is 0 Å². The SMILES string of the molecule is COC(=O)CCOc1cc([N+](=O)[O-])c(CO)cc1OC. The molecule has 110 valence electrons. The average molecular weight is 285 g/mol. The maximum Gasteiger partial charge on any atom is 0.308 e. The van der Waals surface area contributed by atoms with Crippen LogP contribution in [-0.2, 0) is 16.1 Å². The topological polar surface area (TPSA) is 108 Å². The van der Waals surface area contributed by atoms with Crippen molar-refractivity contribution in [1.82, 2.24) is 0 Å². The molecule has 1 aromatic carbocycles. The Kier molecular flexibility index (Phi) is 5.73. The smallest absolute Gasteiger partial charge is 0.308 e. The fraction of sp³-hybridized carbons (Fsp3) is 0.417. The molecule has 1 rings (SSSR count). The Bertz CT molecular complexity index is 501. The van der Waals surface area contributed by atoms with Crippen molar-refractivity contribution < 1.29 is 29.0 Å². The maximum atomic E-state index is 11.0. The third-order valence-electron chi connectivity index (χ3n) is 2.52. The van der Waals surface area contributed by atoms with E-state index >= 15 is 0 Å². The third kappa shape index (κ3) is 3.82. The van der Waals surface area contributed by atoms with Gasteiger partial charge in [-0.1, -0.05) is 0 Å². The van der Waals surface area contributed by atoms with Gasteiger partial charge in [0.15, 0.2) is 11.5 Å². The molecule has 0 saturated carbocycles. The monoisotopic (exact) mass is 285 g/mol. The predicted molar refractivity (Wildman–Crippen MR) is 67.7 cm³/mol. The lowest BCUT2D eigenvalue weighted by Crippen LogP contribution is -2.08. The van der Waals surface area contributed by atoms with Crippen molar-refractivity contribution in [2.75, 3.05) is 20.8 Å². The van der Waals surface area contributed by atoms with Crippen molar-refractivity contribution in [1.29, 1.82) is 0 Å². The molecule has 0 aliphatic rings. The van der Waals surface area contributed by atoms with Crippen LogP contribution in [0.1, 0.15) is 12.0 Å². The lowest BCUT2D eigenvalue weighted by Gasteiger charge is -2.11. The van der Waals surface area contributed by atoms with Gasteiger partial charge in [-0.3, -0.25) is 14.9 Å². The number of aliphatic hydroxyl groups is 1. The first kappa shape index (κ1) is 15.7. The minimum atomic E-state index is -0.627. The highest BCUT2D eigenvalue weighted by atomic mass is 16.6. The van der Waals surface area contributed by atoms with E-state index in [0.29, 0.717) is 0 Å². The van der Waals surface area contributed by atoms with Gasteiger partial charge in [0.05, 0.1) is 50.4 Å². The highest BCUT2D eigenvalue weighted by Crippen LogP contribution is 2.34. The molecule has 8 heteroatoms. The van der Waals surface area contributed by atoms with Gasteiger partial charge in [-0.2, -0.15) is 0 Å². The Hall–Kier alpha value is -2.35. The van der Waals surface area contributed by atoms with Crippen LogP contribution in [0.4, 0.5) is 5.69 Å². The molecule has 0 aromatic heterocycles. The van der Waals surface area contributed by atoms with Gasteiger partial charge in [0.2, 0.25) is 0 Å². The third-order valence-corrected chi connectivity index (χ3v) is 2.52. The molecule has 0 fully saturated rings. The molecule has 20 heavy (non-hydrogen) atoms. The number of esters is 1. The number of benzene rings is 1. The minimum Gasteiger partial charge on any atom is -0.493 e. The number of nitrogens with zero attached hydrogens (tertiary/aromatic N) is 1. The lowest BCUT2D eigenvalue weighted by molar-refractivity contribution is -0.385. The van der Waals surface area contributed by atoms with Crippen LogP contribution in [0.5, 0.6) is 11.5 Å². The van der Waals surface area contributed by atoms with E-state index < -0.39 is 17.5 Å². The summed E-state index contributed by atoms with van der Waals surface area (Å²) in [6.45, 7) is -0.492. The van der Waals surface area contributed by atoms with E-state index in [0.717, 1.165) is 6.07 Å². The number of rotatable bonds is 7. The van der Waals surface area contributed by atoms with Gasteiger partial charge in [0.25, 0.3) is 5.69 Å². The molecule has 1 aromatic rings. The van der Waals surface area contributed by atoms with Gasteiger partial charge in [0, 0.05) is 0 Å². The zero-order chi connectivity index (χ0) is 15.1. The molecule has 0 atom stereocenters. The van der Waals surface area contributed by atoms with E-state index in [2.05, 4.69) is 4.74 Å². The molecule has 0 amide bonds. The van der Waals surface area contributed by atoms with Crippen LogP contribution < -0.4 is 9.47 Å². The first-order valence-corrected chi connectivity index (χ1v) is 5.69. The Labute approximate surface area is 115 Å². The predicted octanol–water partition coefficient (Wildman–Crippen LogP) is 1.04. The molecule has 0 radical (unpaired) electrons. The van der Waals surface area contributed by atoms with Crippen molar-refractivity contribution in [2.24, 2.45) is 0 Å². The summed E-state index contributed by atoms with van der Waals surface area (Å²) < 4.78 is 14.8. The largest absolute Gasteiger partial charge is 0.493 e. The number of ether oxygens (including phenoxy) is 3. The van der Waals surface area contributed by atoms with Crippen molar-refractivity contribution in [2.45, 2.75) is 13.0 Å². The summed E-state index contributed by atoms with van der Waals surface area (Å²) >= 11 is 0. The van der Waals surface area contributed by atoms with Crippen LogP contribution in [0.15, 0.2) is 12.1 Å². The van der Waals surface area contributed by atoms with E-state index in [1.165, 1.54) is 20.3 Å². The van der Waals surface area contributed by atoms with Crippen LogP contribution >= 0.6 is 0 Å². The van der Waals surface area contributed by atoms with E-state index in [-0.39, 0.29) is 35.8 Å². The van der Waals surface area contributed by atoms with Crippen molar-refractivity contribution in [3.8, 4) is 11.5 Å². The summed E-state index contributed by atoms with van der Waals surface area (Å²) in [6, 6.07) is 2.48. The number of aliphatic hydroxyl groups excluding tert-OH is 1. The second-order valence-electron chi connectivity index (χ2n) is 3.72. The summed E-state index contributed by atoms with van der Waals surface area (Å²) in [6.07, 6.45) is 0.00913. The Morgan fingerprint density at radius 1 is 1.35 bits per heavy atom. The second-order valence-corrected chi connectivity index (χ2v) is 3.72. The number of nitro groups is 1. The van der Waals surface area contributed by atoms with Gasteiger partial charge in [-0.05, 0) is 6.07 Å². The van der Waals surface area contributed by atoms with Crippen LogP contribution in [-0.4, -0.2) is 36.8 Å². The lowest BCUT2D eigenvalue weighted by atomic mass is 10.1. The summed E-state index contributed by atoms with van der Waals surface area (Å²) in [5.41, 5.74) is -0.159. The van der Waals surface area contributed by atoms with Gasteiger partial charge in [0.1, 0.15) is 0 Å². The molecule has 0 aliphatic carbocycles. The number of nitro benzene ring substituents is 1. The van der Waals surface area contributed by atoms with E-state index in [9.17, 15) is 14.9 Å². The number of methoxy groups -OCH3 is 2. The molecule has 0 bridgehead atoms. The molecule has 0 unspecified atom stereocenters. The zero-order valence-corrected chi connectivity index (χ0v) is 11.1. The van der Waals surface area contributed by atoms with Crippen molar-refractivity contribution in [3.05, 3.63) is 27.8 Å². The maximum absolute atomic E-state index is 11.0. The number of carbonyl (C=O) groups excluding carboxylic acids is 1. The van der Waals surface area contributed by atoms with Gasteiger partial charge >= 0.3 is 5.97 Å². The van der Waals surface area contributed by atoms with Crippen LogP contribution in [0.2, 0.25) is 0 Å². The van der Waals surface area contributed by atoms with Crippen LogP contribution in [0.3, 0.4) is 0 Å². The van der Waals surface area contributed by atoms with Crippen LogP contribution in [0.25, 0.3) is 0 Å². The van der Waals surface area contributed by atoms with E-state index in [1.807, 2.05) is 0 Å². The van der Waals surface area contributed by atoms with E-state index in [4.69, 9.17) is 14.6 Å². The minimum absolute atomic E-state index is 0.00133. The highest BCUT2D eigenvalue weighted by molar-refractivity contribution is 5.69. The first-order chi connectivity index (χ1) is 9.53. The van der Waals surface area contributed by atoms with E-state index in [1.54, 1.807) is 0 Å². The number of carbonyl (C=O) groups is 1. The van der Waals surface area contributed by atoms with Gasteiger partial charge in [-0.25, -0.2) is 0 Å². The fourth-order valence-corrected chi connectivity index (χ4v) is 1.51. The van der Waals surface area contributed by atoms with Crippen LogP contribution in [0, 0.1) is 10.1 Å². The Balaban J connectivity index is 2.96. The standard InChI is InChI=1S/C12H15NO7/c1-18-10-5-8(7-14)9(13(16)17)6-11(10)20-4-3-12(15)19-2/h5-6,14H,3-4,7H2,1-2H3. The average Bonchev–Trinajstić information content (AvgIpc) is 2.46. The number of hydrogen-bond acceptors (Lipinski definition) is 7. The Morgan fingerprint density at radius 2 is 2.05 bits per heavy atom. The first-order valence-electron chi connectivity index (χ1n) is 5.69. The van der Waals surface area contributed by atoms with Gasteiger partial charge < -0.3 is 19.3 Å². The Morgan fingerprint density at radius 3 is 2.55 bits per heavy atom. The summed E-state index contributed by atoms with van der Waals surface area (Å²) in [4.78, 5) is 21.2. The van der Waals surface area contributed by atoms with Gasteiger partial charge in [-0.15, -0.1) is 0 Å². The zero-order valence-electron chi connectivity index (χ0n) is 11.1. The molecular formula is C12H15NO7. The second kappa shape index (κ2) is 7.29. The molecular weight excluding hydrogens is 270 g/mol.